The third-order valence-electron chi connectivity index (χ3n) is 4.23. The molecule has 2 aromatic rings. The summed E-state index contributed by atoms with van der Waals surface area (Å²) in [5.41, 5.74) is 0.230. The molecule has 0 saturated carbocycles. The Hall–Kier alpha value is -2.26. The number of rotatable bonds is 6. The lowest BCUT2D eigenvalue weighted by Gasteiger charge is -2.21. The van der Waals surface area contributed by atoms with E-state index in [1.807, 2.05) is 4.90 Å². The summed E-state index contributed by atoms with van der Waals surface area (Å²) in [4.78, 5) is 31.5. The highest BCUT2D eigenvalue weighted by Crippen LogP contribution is 2.20. The second-order valence-corrected chi connectivity index (χ2v) is 7.19. The number of carbonyl (C=O) groups is 1. The van der Waals surface area contributed by atoms with Gasteiger partial charge in [0.15, 0.2) is 0 Å². The first-order valence-corrected chi connectivity index (χ1v) is 9.37. The number of methoxy groups -OCH3 is 1. The van der Waals surface area contributed by atoms with E-state index in [2.05, 4.69) is 26.2 Å². The molecular formula is C18H20BrFN4O3. The van der Waals surface area contributed by atoms with Crippen molar-refractivity contribution in [3.8, 4) is 0 Å². The molecule has 1 aliphatic rings. The second-order valence-electron chi connectivity index (χ2n) is 6.27. The molecule has 2 heterocycles. The van der Waals surface area contributed by atoms with Crippen LogP contribution in [0.1, 0.15) is 18.5 Å². The largest absolute Gasteiger partial charge is 0.378 e. The van der Waals surface area contributed by atoms with Gasteiger partial charge in [-0.2, -0.15) is 0 Å². The fourth-order valence-corrected chi connectivity index (χ4v) is 3.33. The van der Waals surface area contributed by atoms with Crippen molar-refractivity contribution in [1.29, 1.82) is 0 Å². The van der Waals surface area contributed by atoms with Crippen molar-refractivity contribution in [2.24, 2.45) is 0 Å². The molecule has 7 nitrogen and oxygen atoms in total. The number of nitrogens with one attached hydrogen (secondary N) is 1. The number of hydrogen-bond donors (Lipinski definition) is 1. The molecule has 1 N–H and O–H groups in total. The first kappa shape index (κ1) is 19.5. The van der Waals surface area contributed by atoms with Crippen LogP contribution in [0.25, 0.3) is 0 Å². The molecule has 1 fully saturated rings. The average Bonchev–Trinajstić information content (AvgIpc) is 3.14. The maximum Gasteiger partial charge on any atom is 0.255 e. The van der Waals surface area contributed by atoms with Crippen LogP contribution in [0, 0.1) is 5.82 Å². The molecule has 1 aromatic carbocycles. The fraction of sp³-hybridized carbons (Fsp3) is 0.389. The third kappa shape index (κ3) is 4.72. The predicted molar refractivity (Wildman–Crippen MR) is 103 cm³/mol. The van der Waals surface area contributed by atoms with Crippen LogP contribution in [0.5, 0.6) is 0 Å². The molecule has 0 spiro atoms. The van der Waals surface area contributed by atoms with Gasteiger partial charge in [0.25, 0.3) is 5.56 Å². The van der Waals surface area contributed by atoms with Gasteiger partial charge in [-0.05, 0) is 31.0 Å². The Morgan fingerprint density at radius 3 is 2.74 bits per heavy atom. The minimum atomic E-state index is -0.557. The van der Waals surface area contributed by atoms with Crippen molar-refractivity contribution in [1.82, 2.24) is 9.55 Å². The van der Waals surface area contributed by atoms with E-state index in [9.17, 15) is 14.0 Å². The molecule has 0 aliphatic carbocycles. The van der Waals surface area contributed by atoms with Gasteiger partial charge >= 0.3 is 0 Å². The van der Waals surface area contributed by atoms with E-state index >= 15 is 0 Å². The minimum absolute atomic E-state index is 0.0583. The third-order valence-corrected chi connectivity index (χ3v) is 4.72. The summed E-state index contributed by atoms with van der Waals surface area (Å²) in [6.07, 6.45) is 2.00. The molecule has 0 unspecified atom stereocenters. The predicted octanol–water partition coefficient (Wildman–Crippen LogP) is 2.53. The smallest absolute Gasteiger partial charge is 0.255 e. The quantitative estimate of drug-likeness (QED) is 0.749. The average molecular weight is 439 g/mol. The zero-order valence-electron chi connectivity index (χ0n) is 14.9. The van der Waals surface area contributed by atoms with Gasteiger partial charge < -0.3 is 15.0 Å². The van der Waals surface area contributed by atoms with E-state index in [4.69, 9.17) is 4.74 Å². The molecule has 1 saturated heterocycles. The van der Waals surface area contributed by atoms with Crippen LogP contribution < -0.4 is 15.8 Å². The number of ether oxygens (including phenoxy) is 1. The Labute approximate surface area is 164 Å². The van der Waals surface area contributed by atoms with E-state index in [0.717, 1.165) is 25.9 Å². The maximum absolute atomic E-state index is 13.9. The Bertz CT molecular complexity index is 897. The normalized spacial score (nSPS) is 13.8. The molecule has 1 aliphatic heterocycles. The minimum Gasteiger partial charge on any atom is -0.378 e. The SMILES string of the molecule is COCc1cc(=O)n(CC(=O)Nc2ccc(Br)cc2F)c(N2CCCC2)n1. The summed E-state index contributed by atoms with van der Waals surface area (Å²) >= 11 is 3.17. The van der Waals surface area contributed by atoms with Gasteiger partial charge in [0.1, 0.15) is 12.4 Å². The number of anilines is 2. The number of amides is 1. The van der Waals surface area contributed by atoms with Crippen molar-refractivity contribution in [2.75, 3.05) is 30.4 Å². The van der Waals surface area contributed by atoms with Crippen molar-refractivity contribution in [2.45, 2.75) is 26.0 Å². The van der Waals surface area contributed by atoms with E-state index < -0.39 is 11.7 Å². The van der Waals surface area contributed by atoms with Crippen LogP contribution in [-0.4, -0.2) is 35.7 Å². The lowest BCUT2D eigenvalue weighted by atomic mass is 10.3. The Kier molecular flexibility index (Phi) is 6.22. The van der Waals surface area contributed by atoms with Gasteiger partial charge in [-0.3, -0.25) is 14.2 Å². The lowest BCUT2D eigenvalue weighted by molar-refractivity contribution is -0.116. The molecule has 0 atom stereocenters. The summed E-state index contributed by atoms with van der Waals surface area (Å²) in [5, 5.41) is 2.51. The molecular weight excluding hydrogens is 419 g/mol. The van der Waals surface area contributed by atoms with Gasteiger partial charge in [-0.1, -0.05) is 15.9 Å². The van der Waals surface area contributed by atoms with Crippen LogP contribution in [0.4, 0.5) is 16.0 Å². The van der Waals surface area contributed by atoms with Gasteiger partial charge in [-0.25, -0.2) is 9.37 Å². The van der Waals surface area contributed by atoms with Gasteiger partial charge in [-0.15, -0.1) is 0 Å². The van der Waals surface area contributed by atoms with Crippen molar-refractivity contribution >= 4 is 33.5 Å². The summed E-state index contributed by atoms with van der Waals surface area (Å²) in [6, 6.07) is 5.71. The van der Waals surface area contributed by atoms with E-state index in [1.54, 1.807) is 6.07 Å². The molecule has 0 bridgehead atoms. The van der Waals surface area contributed by atoms with Crippen molar-refractivity contribution in [3.63, 3.8) is 0 Å². The first-order valence-electron chi connectivity index (χ1n) is 8.57. The summed E-state index contributed by atoms with van der Waals surface area (Å²) < 4.78 is 20.9. The van der Waals surface area contributed by atoms with E-state index in [-0.39, 0.29) is 24.4 Å². The van der Waals surface area contributed by atoms with Crippen molar-refractivity contribution in [3.05, 3.63) is 50.6 Å². The van der Waals surface area contributed by atoms with Crippen LogP contribution in [0.15, 0.2) is 33.5 Å². The number of carbonyl (C=O) groups excluding carboxylic acids is 1. The number of nitrogens with zero attached hydrogens (tertiary/aromatic N) is 3. The maximum atomic E-state index is 13.9. The standard InChI is InChI=1S/C18H20BrFN4O3/c1-27-11-13-9-17(26)24(18(21-13)23-6-2-3-7-23)10-16(25)22-15-5-4-12(19)8-14(15)20/h4-5,8-9H,2-3,6-7,10-11H2,1H3,(H,22,25). The van der Waals surface area contributed by atoms with Gasteiger partial charge in [0.2, 0.25) is 11.9 Å². The monoisotopic (exact) mass is 438 g/mol. The Balaban J connectivity index is 1.86. The van der Waals surface area contributed by atoms with Crippen LogP contribution >= 0.6 is 15.9 Å². The molecule has 144 valence electrons. The van der Waals surface area contributed by atoms with Crippen molar-refractivity contribution < 1.29 is 13.9 Å². The molecule has 1 aromatic heterocycles. The van der Waals surface area contributed by atoms with Gasteiger partial charge in [0, 0.05) is 30.7 Å². The van der Waals surface area contributed by atoms with Crippen LogP contribution in [0.3, 0.4) is 0 Å². The summed E-state index contributed by atoms with van der Waals surface area (Å²) in [7, 11) is 1.53. The number of hydrogen-bond acceptors (Lipinski definition) is 5. The van der Waals surface area contributed by atoms with Crippen LogP contribution in [-0.2, 0) is 22.7 Å². The number of aromatic nitrogens is 2. The Morgan fingerprint density at radius 1 is 1.33 bits per heavy atom. The topological polar surface area (TPSA) is 76.5 Å². The second kappa shape index (κ2) is 8.62. The lowest BCUT2D eigenvalue weighted by Crippen LogP contribution is -2.35. The zero-order chi connectivity index (χ0) is 19.4. The molecule has 27 heavy (non-hydrogen) atoms. The van der Waals surface area contributed by atoms with E-state index in [1.165, 1.54) is 29.9 Å². The van der Waals surface area contributed by atoms with Gasteiger partial charge in [0.05, 0.1) is 18.0 Å². The Morgan fingerprint density at radius 2 is 2.07 bits per heavy atom. The molecule has 0 radical (unpaired) electrons. The van der Waals surface area contributed by atoms with E-state index in [0.29, 0.717) is 16.1 Å². The highest BCUT2D eigenvalue weighted by molar-refractivity contribution is 9.10. The molecule has 1 amide bonds. The number of halogens is 2. The summed E-state index contributed by atoms with van der Waals surface area (Å²) in [5.74, 6) is -0.614. The first-order chi connectivity index (χ1) is 13.0. The fourth-order valence-electron chi connectivity index (χ4n) is 2.99. The highest BCUT2D eigenvalue weighted by atomic mass is 79.9. The number of benzene rings is 1. The summed E-state index contributed by atoms with van der Waals surface area (Å²) in [6.45, 7) is 1.51. The molecule has 9 heteroatoms. The highest BCUT2D eigenvalue weighted by Gasteiger charge is 2.21. The zero-order valence-corrected chi connectivity index (χ0v) is 16.5. The molecule has 3 rings (SSSR count). The van der Waals surface area contributed by atoms with Crippen LogP contribution in [0.2, 0.25) is 0 Å².